The molecule has 20 heavy (non-hydrogen) atoms. The van der Waals surface area contributed by atoms with Gasteiger partial charge in [0.1, 0.15) is 0 Å². The summed E-state index contributed by atoms with van der Waals surface area (Å²) in [6.45, 7) is 0.233. The Morgan fingerprint density at radius 2 is 2.00 bits per heavy atom. The predicted molar refractivity (Wildman–Crippen MR) is 69.6 cm³/mol. The number of ether oxygens (including phenoxy) is 1. The lowest BCUT2D eigenvalue weighted by Crippen LogP contribution is -2.07. The maximum absolute atomic E-state index is 12.6. The topological polar surface area (TPSA) is 34.1 Å². The quantitative estimate of drug-likeness (QED) is 0.928. The molecule has 0 saturated heterocycles. The number of rotatable bonds is 4. The highest BCUT2D eigenvalue weighted by molar-refractivity contribution is 5.49. The number of pyridine rings is 1. The van der Waals surface area contributed by atoms with E-state index in [1.54, 1.807) is 24.4 Å². The van der Waals surface area contributed by atoms with Gasteiger partial charge in [-0.25, -0.2) is 4.98 Å². The van der Waals surface area contributed by atoms with Crippen LogP contribution in [0.4, 0.5) is 19.0 Å². The second-order valence-electron chi connectivity index (χ2n) is 4.11. The smallest absolute Gasteiger partial charge is 0.416 e. The number of hydrogen-bond donors (Lipinski definition) is 1. The third-order valence-electron chi connectivity index (χ3n) is 2.70. The normalized spacial score (nSPS) is 11.2. The molecule has 0 unspecified atom stereocenters. The SMILES string of the molecule is COc1cccnc1NCc1cccc(C(F)(F)F)c1. The molecule has 0 spiro atoms. The van der Waals surface area contributed by atoms with E-state index in [-0.39, 0.29) is 6.54 Å². The average Bonchev–Trinajstić information content (AvgIpc) is 2.45. The number of nitrogens with zero attached hydrogens (tertiary/aromatic N) is 1. The molecule has 1 aromatic carbocycles. The van der Waals surface area contributed by atoms with Crippen LogP contribution in [0.15, 0.2) is 42.6 Å². The number of aromatic nitrogens is 1. The Bertz CT molecular complexity index is 585. The van der Waals surface area contributed by atoms with Gasteiger partial charge in [0.2, 0.25) is 0 Å². The lowest BCUT2D eigenvalue weighted by atomic mass is 10.1. The summed E-state index contributed by atoms with van der Waals surface area (Å²) in [6, 6.07) is 8.61. The highest BCUT2D eigenvalue weighted by Crippen LogP contribution is 2.29. The minimum Gasteiger partial charge on any atom is -0.493 e. The molecule has 3 nitrogen and oxygen atoms in total. The van der Waals surface area contributed by atoms with E-state index in [0.29, 0.717) is 17.1 Å². The van der Waals surface area contributed by atoms with E-state index in [1.807, 2.05) is 0 Å². The summed E-state index contributed by atoms with van der Waals surface area (Å²) in [7, 11) is 1.51. The highest BCUT2D eigenvalue weighted by atomic mass is 19.4. The average molecular weight is 282 g/mol. The van der Waals surface area contributed by atoms with Gasteiger partial charge in [-0.05, 0) is 29.8 Å². The molecule has 1 heterocycles. The zero-order valence-electron chi connectivity index (χ0n) is 10.7. The minimum atomic E-state index is -4.33. The van der Waals surface area contributed by atoms with Gasteiger partial charge in [-0.3, -0.25) is 0 Å². The molecule has 0 amide bonds. The van der Waals surface area contributed by atoms with Gasteiger partial charge >= 0.3 is 6.18 Å². The van der Waals surface area contributed by atoms with Crippen LogP contribution in [0.25, 0.3) is 0 Å². The van der Waals surface area contributed by atoms with Crippen molar-refractivity contribution in [1.29, 1.82) is 0 Å². The molecular formula is C14H13F3N2O. The molecule has 0 atom stereocenters. The van der Waals surface area contributed by atoms with Crippen molar-refractivity contribution < 1.29 is 17.9 Å². The fourth-order valence-corrected chi connectivity index (χ4v) is 1.73. The monoisotopic (exact) mass is 282 g/mol. The van der Waals surface area contributed by atoms with E-state index in [9.17, 15) is 13.2 Å². The molecule has 0 aliphatic carbocycles. The first-order valence-corrected chi connectivity index (χ1v) is 5.89. The van der Waals surface area contributed by atoms with E-state index in [1.165, 1.54) is 13.2 Å². The first-order chi connectivity index (χ1) is 9.50. The Hall–Kier alpha value is -2.24. The maximum atomic E-state index is 12.6. The summed E-state index contributed by atoms with van der Waals surface area (Å²) in [4.78, 5) is 4.08. The van der Waals surface area contributed by atoms with Crippen molar-refractivity contribution in [2.75, 3.05) is 12.4 Å². The highest BCUT2D eigenvalue weighted by Gasteiger charge is 2.30. The van der Waals surface area contributed by atoms with E-state index in [0.717, 1.165) is 12.1 Å². The number of anilines is 1. The van der Waals surface area contributed by atoms with E-state index in [4.69, 9.17) is 4.74 Å². The van der Waals surface area contributed by atoms with Crippen LogP contribution >= 0.6 is 0 Å². The van der Waals surface area contributed by atoms with Crippen LogP contribution in [-0.2, 0) is 12.7 Å². The van der Waals surface area contributed by atoms with Crippen LogP contribution in [-0.4, -0.2) is 12.1 Å². The second-order valence-corrected chi connectivity index (χ2v) is 4.11. The van der Waals surface area contributed by atoms with Gasteiger partial charge in [-0.15, -0.1) is 0 Å². The van der Waals surface area contributed by atoms with Gasteiger partial charge in [-0.1, -0.05) is 12.1 Å². The first kappa shape index (κ1) is 14.2. The zero-order chi connectivity index (χ0) is 14.6. The van der Waals surface area contributed by atoms with Crippen molar-refractivity contribution in [2.45, 2.75) is 12.7 Å². The fraction of sp³-hybridized carbons (Fsp3) is 0.214. The van der Waals surface area contributed by atoms with Crippen molar-refractivity contribution in [3.63, 3.8) is 0 Å². The molecule has 0 radical (unpaired) electrons. The first-order valence-electron chi connectivity index (χ1n) is 5.89. The summed E-state index contributed by atoms with van der Waals surface area (Å²) in [5.74, 6) is 1.03. The Morgan fingerprint density at radius 3 is 2.70 bits per heavy atom. The maximum Gasteiger partial charge on any atom is 0.416 e. The third kappa shape index (κ3) is 3.40. The van der Waals surface area contributed by atoms with Gasteiger partial charge in [0.15, 0.2) is 11.6 Å². The number of nitrogens with one attached hydrogen (secondary N) is 1. The van der Waals surface area contributed by atoms with Crippen LogP contribution in [0.2, 0.25) is 0 Å². The van der Waals surface area contributed by atoms with E-state index < -0.39 is 11.7 Å². The second kappa shape index (κ2) is 5.81. The summed E-state index contributed by atoms with van der Waals surface area (Å²) in [5, 5.41) is 2.96. The Labute approximate surface area is 114 Å². The molecule has 1 N–H and O–H groups in total. The van der Waals surface area contributed by atoms with Crippen LogP contribution in [0.5, 0.6) is 5.75 Å². The van der Waals surface area contributed by atoms with Gasteiger partial charge in [0, 0.05) is 12.7 Å². The number of methoxy groups -OCH3 is 1. The standard InChI is InChI=1S/C14H13F3N2O/c1-20-12-6-3-7-18-13(12)19-9-10-4-2-5-11(8-10)14(15,16)17/h2-8H,9H2,1H3,(H,18,19). The third-order valence-corrected chi connectivity index (χ3v) is 2.70. The molecule has 1 aromatic heterocycles. The Balaban J connectivity index is 2.11. The van der Waals surface area contributed by atoms with Crippen LogP contribution in [0.1, 0.15) is 11.1 Å². The molecule has 0 fully saturated rings. The number of hydrogen-bond acceptors (Lipinski definition) is 3. The van der Waals surface area contributed by atoms with Gasteiger partial charge in [-0.2, -0.15) is 13.2 Å². The molecule has 2 rings (SSSR count). The van der Waals surface area contributed by atoms with Crippen molar-refractivity contribution in [1.82, 2.24) is 4.98 Å². The van der Waals surface area contributed by atoms with E-state index >= 15 is 0 Å². The van der Waals surface area contributed by atoms with Gasteiger partial charge in [0.25, 0.3) is 0 Å². The molecule has 2 aromatic rings. The van der Waals surface area contributed by atoms with E-state index in [2.05, 4.69) is 10.3 Å². The molecule has 0 bridgehead atoms. The lowest BCUT2D eigenvalue weighted by Gasteiger charge is -2.11. The molecule has 0 aliphatic heterocycles. The van der Waals surface area contributed by atoms with Crippen LogP contribution < -0.4 is 10.1 Å². The van der Waals surface area contributed by atoms with Crippen molar-refractivity contribution >= 4 is 5.82 Å². The largest absolute Gasteiger partial charge is 0.493 e. The van der Waals surface area contributed by atoms with Gasteiger partial charge in [0.05, 0.1) is 12.7 Å². The lowest BCUT2D eigenvalue weighted by molar-refractivity contribution is -0.137. The van der Waals surface area contributed by atoms with Crippen LogP contribution in [0, 0.1) is 0 Å². The number of halogens is 3. The molecule has 6 heteroatoms. The number of alkyl halides is 3. The Kier molecular flexibility index (Phi) is 4.12. The molecule has 106 valence electrons. The zero-order valence-corrected chi connectivity index (χ0v) is 10.7. The predicted octanol–water partition coefficient (Wildman–Crippen LogP) is 3.72. The van der Waals surface area contributed by atoms with Crippen LogP contribution in [0.3, 0.4) is 0 Å². The van der Waals surface area contributed by atoms with Crippen molar-refractivity contribution in [3.8, 4) is 5.75 Å². The summed E-state index contributed by atoms with van der Waals surface area (Å²) in [5.41, 5.74) is -0.141. The van der Waals surface area contributed by atoms with Crippen molar-refractivity contribution in [3.05, 3.63) is 53.7 Å². The fourth-order valence-electron chi connectivity index (χ4n) is 1.73. The Morgan fingerprint density at radius 1 is 1.20 bits per heavy atom. The van der Waals surface area contributed by atoms with Crippen molar-refractivity contribution in [2.24, 2.45) is 0 Å². The minimum absolute atomic E-state index is 0.233. The molecule has 0 saturated carbocycles. The number of benzene rings is 1. The summed E-state index contributed by atoms with van der Waals surface area (Å²) >= 11 is 0. The molecule has 0 aliphatic rings. The molecular weight excluding hydrogens is 269 g/mol. The summed E-state index contributed by atoms with van der Waals surface area (Å²) < 4.78 is 42.9. The van der Waals surface area contributed by atoms with Gasteiger partial charge < -0.3 is 10.1 Å². The summed E-state index contributed by atoms with van der Waals surface area (Å²) in [6.07, 6.45) is -2.75.